The Morgan fingerprint density at radius 1 is 0.431 bits per heavy atom. The van der Waals surface area contributed by atoms with Gasteiger partial charge in [-0.3, -0.25) is 8.97 Å². The van der Waals surface area contributed by atoms with Crippen molar-refractivity contribution in [3.63, 3.8) is 0 Å². The highest BCUT2D eigenvalue weighted by atomic mass is 15.2. The summed E-state index contributed by atoms with van der Waals surface area (Å²) in [4.78, 5) is 10.6. The summed E-state index contributed by atoms with van der Waals surface area (Å²) in [6, 6.07) is 60.8. The summed E-state index contributed by atoms with van der Waals surface area (Å²) in [5.74, 6) is 2.60. The molecule has 1 aliphatic carbocycles. The Balaban J connectivity index is 1.25. The van der Waals surface area contributed by atoms with Crippen molar-refractivity contribution < 1.29 is 0 Å². The predicted octanol–water partition coefficient (Wildman–Crippen LogP) is 11.6. The molecule has 0 aliphatic heterocycles. The van der Waals surface area contributed by atoms with Gasteiger partial charge in [-0.2, -0.15) is 0 Å². The SMILES string of the molecule is c1ccc(-c2nc(-c3ccccc3)n3c(-n4c5ccccc5c5ccc(-c6cccc7c6Cc6ccccc6-7)cc54)c4ccccc4c3n2)cc1. The van der Waals surface area contributed by atoms with Crippen molar-refractivity contribution in [1.82, 2.24) is 18.9 Å². The molecule has 238 valence electrons. The molecule has 0 bridgehead atoms. The van der Waals surface area contributed by atoms with E-state index in [1.165, 1.54) is 44.2 Å². The lowest BCUT2D eigenvalue weighted by molar-refractivity contribution is 0.986. The Morgan fingerprint density at radius 2 is 1.08 bits per heavy atom. The van der Waals surface area contributed by atoms with Crippen molar-refractivity contribution in [3.8, 4) is 50.8 Å². The zero-order chi connectivity index (χ0) is 33.5. The minimum atomic E-state index is 0.709. The summed E-state index contributed by atoms with van der Waals surface area (Å²) in [6.45, 7) is 0. The molecule has 4 nitrogen and oxygen atoms in total. The average Bonchev–Trinajstić information content (AvgIpc) is 3.85. The standard InChI is InChI=1S/C47H30N4/c1-3-14-30(15-4-1)44-48-45(31-16-5-2-6-17-31)51-46(49-44)39-21-9-10-22-40(39)47(51)50-42-25-12-11-20-37(42)38-27-26-33(29-43(38)50)35-23-13-24-36-34-19-8-7-18-32(34)28-41(35)36/h1-27,29H,28H2. The summed E-state index contributed by atoms with van der Waals surface area (Å²) in [6.07, 6.45) is 0.943. The Bertz CT molecular complexity index is 2990. The van der Waals surface area contributed by atoms with Gasteiger partial charge in [0.1, 0.15) is 11.6 Å². The van der Waals surface area contributed by atoms with Crippen LogP contribution in [0.5, 0.6) is 0 Å². The molecule has 0 atom stereocenters. The molecule has 3 heterocycles. The van der Waals surface area contributed by atoms with Gasteiger partial charge >= 0.3 is 0 Å². The van der Waals surface area contributed by atoms with E-state index in [0.29, 0.717) is 5.82 Å². The second-order valence-corrected chi connectivity index (χ2v) is 13.4. The van der Waals surface area contributed by atoms with Crippen molar-refractivity contribution in [2.45, 2.75) is 6.42 Å². The fourth-order valence-electron chi connectivity index (χ4n) is 8.31. The molecule has 0 N–H and O–H groups in total. The zero-order valence-corrected chi connectivity index (χ0v) is 27.7. The minimum absolute atomic E-state index is 0.709. The van der Waals surface area contributed by atoms with Gasteiger partial charge in [-0.1, -0.05) is 158 Å². The lowest BCUT2D eigenvalue weighted by Crippen LogP contribution is -2.06. The number of para-hydroxylation sites is 1. The fourth-order valence-corrected chi connectivity index (χ4v) is 8.31. The largest absolute Gasteiger partial charge is 0.294 e. The average molecular weight is 651 g/mol. The van der Waals surface area contributed by atoms with E-state index in [4.69, 9.17) is 9.97 Å². The molecular formula is C47H30N4. The van der Waals surface area contributed by atoms with Gasteiger partial charge in [0.15, 0.2) is 11.5 Å². The lowest BCUT2D eigenvalue weighted by Gasteiger charge is -2.15. The summed E-state index contributed by atoms with van der Waals surface area (Å²) < 4.78 is 4.72. The molecule has 4 heteroatoms. The number of hydrogen-bond donors (Lipinski definition) is 0. The summed E-state index contributed by atoms with van der Waals surface area (Å²) >= 11 is 0. The van der Waals surface area contributed by atoms with Crippen molar-refractivity contribution in [3.05, 3.63) is 181 Å². The first-order chi connectivity index (χ1) is 25.3. The highest BCUT2D eigenvalue weighted by Gasteiger charge is 2.25. The monoisotopic (exact) mass is 650 g/mol. The van der Waals surface area contributed by atoms with Gasteiger partial charge in [-0.15, -0.1) is 0 Å². The summed E-state index contributed by atoms with van der Waals surface area (Å²) in [5.41, 5.74) is 13.2. The molecule has 1 aliphatic rings. The van der Waals surface area contributed by atoms with Crippen LogP contribution in [0.1, 0.15) is 11.1 Å². The molecule has 10 aromatic rings. The van der Waals surface area contributed by atoms with Crippen LogP contribution >= 0.6 is 0 Å². The molecule has 0 amide bonds. The van der Waals surface area contributed by atoms with Crippen LogP contribution in [-0.4, -0.2) is 18.9 Å². The maximum absolute atomic E-state index is 5.33. The molecule has 0 saturated heterocycles. The zero-order valence-electron chi connectivity index (χ0n) is 27.7. The Hall–Kier alpha value is -6.78. The molecular weight excluding hydrogens is 621 g/mol. The van der Waals surface area contributed by atoms with Crippen molar-refractivity contribution >= 4 is 38.2 Å². The van der Waals surface area contributed by atoms with Crippen LogP contribution in [-0.2, 0) is 6.42 Å². The van der Waals surface area contributed by atoms with Crippen LogP contribution in [0.2, 0.25) is 0 Å². The summed E-state index contributed by atoms with van der Waals surface area (Å²) in [5, 5.41) is 4.64. The van der Waals surface area contributed by atoms with Crippen LogP contribution in [0.15, 0.2) is 170 Å². The smallest absolute Gasteiger partial charge is 0.163 e. The first-order valence-corrected chi connectivity index (χ1v) is 17.5. The van der Waals surface area contributed by atoms with E-state index in [1.807, 2.05) is 18.2 Å². The lowest BCUT2D eigenvalue weighted by atomic mass is 9.95. The molecule has 0 spiro atoms. The molecule has 0 saturated carbocycles. The molecule has 7 aromatic carbocycles. The minimum Gasteiger partial charge on any atom is -0.294 e. The van der Waals surface area contributed by atoms with Crippen molar-refractivity contribution in [2.75, 3.05) is 0 Å². The maximum atomic E-state index is 5.33. The molecule has 3 aromatic heterocycles. The van der Waals surface area contributed by atoms with E-state index in [9.17, 15) is 0 Å². The maximum Gasteiger partial charge on any atom is 0.163 e. The van der Waals surface area contributed by atoms with E-state index in [1.54, 1.807) is 0 Å². The molecule has 51 heavy (non-hydrogen) atoms. The third-order valence-corrected chi connectivity index (χ3v) is 10.6. The predicted molar refractivity (Wildman–Crippen MR) is 209 cm³/mol. The highest BCUT2D eigenvalue weighted by Crippen LogP contribution is 2.44. The molecule has 0 unspecified atom stereocenters. The first-order valence-electron chi connectivity index (χ1n) is 17.5. The van der Waals surface area contributed by atoms with Gasteiger partial charge in [0, 0.05) is 32.7 Å². The Morgan fingerprint density at radius 3 is 1.92 bits per heavy atom. The van der Waals surface area contributed by atoms with Gasteiger partial charge in [-0.25, -0.2) is 9.97 Å². The van der Waals surface area contributed by atoms with E-state index in [0.717, 1.165) is 56.6 Å². The van der Waals surface area contributed by atoms with Gasteiger partial charge in [0.05, 0.1) is 11.0 Å². The third kappa shape index (κ3) is 4.14. The van der Waals surface area contributed by atoms with Gasteiger partial charge < -0.3 is 0 Å². The Labute approximate surface area is 294 Å². The first kappa shape index (κ1) is 28.1. The van der Waals surface area contributed by atoms with E-state index >= 15 is 0 Å². The van der Waals surface area contributed by atoms with E-state index in [2.05, 4.69) is 161 Å². The van der Waals surface area contributed by atoms with Crippen LogP contribution in [0.4, 0.5) is 0 Å². The third-order valence-electron chi connectivity index (χ3n) is 10.6. The second-order valence-electron chi connectivity index (χ2n) is 13.4. The molecule has 11 rings (SSSR count). The molecule has 0 radical (unpaired) electrons. The fraction of sp³-hybridized carbons (Fsp3) is 0.0213. The quantitative estimate of drug-likeness (QED) is 0.190. The van der Waals surface area contributed by atoms with Crippen molar-refractivity contribution in [1.29, 1.82) is 0 Å². The Kier molecular flexibility index (Phi) is 5.98. The second kappa shape index (κ2) is 10.9. The number of fused-ring (bicyclic) bond motifs is 9. The van der Waals surface area contributed by atoms with Crippen LogP contribution in [0.3, 0.4) is 0 Å². The number of nitrogens with zero attached hydrogens (tertiary/aromatic N) is 4. The van der Waals surface area contributed by atoms with Gasteiger partial charge in [-0.05, 0) is 51.9 Å². The van der Waals surface area contributed by atoms with E-state index < -0.39 is 0 Å². The highest BCUT2D eigenvalue weighted by molar-refractivity contribution is 6.13. The number of benzene rings is 7. The molecule has 0 fully saturated rings. The van der Waals surface area contributed by atoms with Crippen molar-refractivity contribution in [2.24, 2.45) is 0 Å². The van der Waals surface area contributed by atoms with Gasteiger partial charge in [0.2, 0.25) is 0 Å². The topological polar surface area (TPSA) is 35.1 Å². The van der Waals surface area contributed by atoms with E-state index in [-0.39, 0.29) is 0 Å². The van der Waals surface area contributed by atoms with Crippen LogP contribution in [0.25, 0.3) is 89.1 Å². The summed E-state index contributed by atoms with van der Waals surface area (Å²) in [7, 11) is 0. The number of aromatic nitrogens is 4. The normalized spacial score (nSPS) is 12.2. The van der Waals surface area contributed by atoms with Gasteiger partial charge in [0.25, 0.3) is 0 Å². The number of rotatable bonds is 4. The number of hydrogen-bond acceptors (Lipinski definition) is 2. The van der Waals surface area contributed by atoms with Crippen LogP contribution in [0, 0.1) is 0 Å². The van der Waals surface area contributed by atoms with Crippen LogP contribution < -0.4 is 0 Å².